The van der Waals surface area contributed by atoms with Crippen molar-refractivity contribution in [2.75, 3.05) is 13.7 Å². The first-order valence-electron chi connectivity index (χ1n) is 9.95. The zero-order valence-electron chi connectivity index (χ0n) is 17.2. The lowest BCUT2D eigenvalue weighted by molar-refractivity contribution is 0.0564. The third-order valence-electron chi connectivity index (χ3n) is 5.32. The Morgan fingerprint density at radius 2 is 2.30 bits per heavy atom. The van der Waals surface area contributed by atoms with Crippen LogP contribution < -0.4 is 5.56 Å². The fourth-order valence-electron chi connectivity index (χ4n) is 3.78. The molecule has 0 aromatic carbocycles. The Labute approximate surface area is 182 Å². The Balaban J connectivity index is 1.73. The molecule has 0 amide bonds. The molecular formula is C21H24N2O5S2. The van der Waals surface area contributed by atoms with Crippen LogP contribution in [0.25, 0.3) is 10.2 Å². The van der Waals surface area contributed by atoms with E-state index in [0.717, 1.165) is 46.5 Å². The Morgan fingerprint density at radius 3 is 3.00 bits per heavy atom. The van der Waals surface area contributed by atoms with Crippen molar-refractivity contribution in [1.82, 2.24) is 9.55 Å². The molecule has 0 N–H and O–H groups in total. The van der Waals surface area contributed by atoms with Gasteiger partial charge in [0.25, 0.3) is 5.56 Å². The number of thiophene rings is 1. The average molecular weight is 449 g/mol. The number of esters is 1. The summed E-state index contributed by atoms with van der Waals surface area (Å²) in [4.78, 5) is 32.1. The van der Waals surface area contributed by atoms with Gasteiger partial charge in [-0.05, 0) is 37.8 Å². The molecule has 0 saturated carbocycles. The van der Waals surface area contributed by atoms with Crippen molar-refractivity contribution in [1.29, 1.82) is 0 Å². The summed E-state index contributed by atoms with van der Waals surface area (Å²) >= 11 is 2.97. The summed E-state index contributed by atoms with van der Waals surface area (Å²) in [5, 5.41) is 1.35. The van der Waals surface area contributed by atoms with E-state index in [4.69, 9.17) is 18.9 Å². The molecule has 0 radical (unpaired) electrons. The van der Waals surface area contributed by atoms with Gasteiger partial charge >= 0.3 is 5.97 Å². The molecule has 160 valence electrons. The van der Waals surface area contributed by atoms with Crippen molar-refractivity contribution in [2.24, 2.45) is 0 Å². The van der Waals surface area contributed by atoms with Crippen LogP contribution in [0.4, 0.5) is 0 Å². The molecule has 0 bridgehead atoms. The van der Waals surface area contributed by atoms with Gasteiger partial charge in [0.15, 0.2) is 5.16 Å². The minimum atomic E-state index is -0.516. The van der Waals surface area contributed by atoms with Crippen molar-refractivity contribution < 1.29 is 18.7 Å². The number of aryl methyl sites for hydroxylation is 2. The average Bonchev–Trinajstić information content (AvgIpc) is 3.47. The van der Waals surface area contributed by atoms with E-state index in [-0.39, 0.29) is 17.4 Å². The lowest BCUT2D eigenvalue weighted by Crippen LogP contribution is -2.29. The van der Waals surface area contributed by atoms with E-state index in [0.29, 0.717) is 23.0 Å². The predicted octanol–water partition coefficient (Wildman–Crippen LogP) is 4.18. The van der Waals surface area contributed by atoms with Crippen molar-refractivity contribution in [3.63, 3.8) is 0 Å². The number of fused-ring (bicyclic) bond motifs is 1. The van der Waals surface area contributed by atoms with Crippen LogP contribution in [-0.2, 0) is 28.2 Å². The SMILES string of the molecule is CCc1c(C)sc2nc(SCc3ccoc3C(=O)OC)n(CC3CCCO3)c(=O)c12. The standard InChI is InChI=1S/C21H24N2O5S2/c1-4-15-12(2)30-18-16(15)19(24)23(10-14-6-5-8-27-14)21(22-18)29-11-13-7-9-28-17(13)20(25)26-3/h7,9,14H,4-6,8,10-11H2,1-3H3. The lowest BCUT2D eigenvalue weighted by atomic mass is 10.1. The third-order valence-corrected chi connectivity index (χ3v) is 7.38. The Morgan fingerprint density at radius 1 is 1.47 bits per heavy atom. The molecule has 0 spiro atoms. The van der Waals surface area contributed by atoms with Gasteiger partial charge in [0.1, 0.15) is 4.83 Å². The second kappa shape index (κ2) is 8.95. The maximum atomic E-state index is 13.5. The molecule has 3 aromatic rings. The number of furan rings is 1. The maximum absolute atomic E-state index is 13.5. The number of hydrogen-bond acceptors (Lipinski definition) is 8. The maximum Gasteiger partial charge on any atom is 0.374 e. The van der Waals surface area contributed by atoms with E-state index in [1.807, 2.05) is 6.92 Å². The van der Waals surface area contributed by atoms with Gasteiger partial charge in [-0.1, -0.05) is 18.7 Å². The number of ether oxygens (including phenoxy) is 2. The molecule has 1 unspecified atom stereocenters. The molecule has 30 heavy (non-hydrogen) atoms. The zero-order valence-corrected chi connectivity index (χ0v) is 18.9. The molecule has 9 heteroatoms. The number of carbonyl (C=O) groups is 1. The van der Waals surface area contributed by atoms with E-state index in [9.17, 15) is 9.59 Å². The number of rotatable bonds is 7. The van der Waals surface area contributed by atoms with Gasteiger partial charge in [0, 0.05) is 22.8 Å². The molecule has 0 aliphatic carbocycles. The lowest BCUT2D eigenvalue weighted by Gasteiger charge is -2.16. The number of nitrogens with zero attached hydrogens (tertiary/aromatic N) is 2. The Kier molecular flexibility index (Phi) is 6.31. The minimum absolute atomic E-state index is 0.0143. The minimum Gasteiger partial charge on any atom is -0.463 e. The summed E-state index contributed by atoms with van der Waals surface area (Å²) in [6.07, 6.45) is 4.23. The van der Waals surface area contributed by atoms with Gasteiger partial charge in [-0.2, -0.15) is 0 Å². The van der Waals surface area contributed by atoms with Gasteiger partial charge in [-0.3, -0.25) is 9.36 Å². The second-order valence-electron chi connectivity index (χ2n) is 7.17. The van der Waals surface area contributed by atoms with Crippen LogP contribution in [0.5, 0.6) is 0 Å². The fraction of sp³-hybridized carbons (Fsp3) is 0.476. The number of methoxy groups -OCH3 is 1. The van der Waals surface area contributed by atoms with Crippen LogP contribution in [0, 0.1) is 6.92 Å². The van der Waals surface area contributed by atoms with Crippen LogP contribution in [0.2, 0.25) is 0 Å². The molecule has 1 fully saturated rings. The topological polar surface area (TPSA) is 83.6 Å². The summed E-state index contributed by atoms with van der Waals surface area (Å²) in [6.45, 7) is 5.31. The number of hydrogen-bond donors (Lipinski definition) is 0. The number of carbonyl (C=O) groups excluding carboxylic acids is 1. The Hall–Kier alpha value is -2.10. The highest BCUT2D eigenvalue weighted by atomic mass is 32.2. The van der Waals surface area contributed by atoms with Crippen molar-refractivity contribution in [2.45, 2.75) is 56.7 Å². The van der Waals surface area contributed by atoms with Gasteiger partial charge in [0.2, 0.25) is 5.76 Å². The molecular weight excluding hydrogens is 424 g/mol. The third kappa shape index (κ3) is 3.93. The molecule has 4 heterocycles. The quantitative estimate of drug-likeness (QED) is 0.305. The molecule has 7 nitrogen and oxygen atoms in total. The van der Waals surface area contributed by atoms with Crippen LogP contribution in [0.15, 0.2) is 26.7 Å². The highest BCUT2D eigenvalue weighted by Gasteiger charge is 2.23. The van der Waals surface area contributed by atoms with Crippen molar-refractivity contribution in [3.8, 4) is 0 Å². The van der Waals surface area contributed by atoms with Crippen LogP contribution in [-0.4, -0.2) is 35.3 Å². The van der Waals surface area contributed by atoms with E-state index in [1.165, 1.54) is 25.1 Å². The second-order valence-corrected chi connectivity index (χ2v) is 9.32. The van der Waals surface area contributed by atoms with Gasteiger partial charge in [-0.15, -0.1) is 11.3 Å². The van der Waals surface area contributed by atoms with E-state index in [1.54, 1.807) is 22.0 Å². The van der Waals surface area contributed by atoms with Gasteiger partial charge in [-0.25, -0.2) is 9.78 Å². The molecule has 1 aliphatic rings. The monoisotopic (exact) mass is 448 g/mol. The van der Waals surface area contributed by atoms with Gasteiger partial charge in [0.05, 0.1) is 31.4 Å². The largest absolute Gasteiger partial charge is 0.463 e. The van der Waals surface area contributed by atoms with E-state index < -0.39 is 5.97 Å². The van der Waals surface area contributed by atoms with Crippen molar-refractivity contribution >= 4 is 39.3 Å². The Bertz CT molecular complexity index is 1120. The smallest absolute Gasteiger partial charge is 0.374 e. The first-order chi connectivity index (χ1) is 14.5. The van der Waals surface area contributed by atoms with Crippen LogP contribution in [0.3, 0.4) is 0 Å². The fourth-order valence-corrected chi connectivity index (χ4v) is 5.93. The summed E-state index contributed by atoms with van der Waals surface area (Å²) in [5.41, 5.74) is 1.77. The highest BCUT2D eigenvalue weighted by Crippen LogP contribution is 2.31. The summed E-state index contributed by atoms with van der Waals surface area (Å²) in [7, 11) is 1.32. The number of thioether (sulfide) groups is 1. The van der Waals surface area contributed by atoms with E-state index in [2.05, 4.69) is 6.92 Å². The zero-order chi connectivity index (χ0) is 21.3. The van der Waals surface area contributed by atoms with Crippen LogP contribution in [0.1, 0.15) is 46.3 Å². The molecule has 1 atom stereocenters. The molecule has 1 saturated heterocycles. The molecule has 1 aliphatic heterocycles. The van der Waals surface area contributed by atoms with Crippen LogP contribution >= 0.6 is 23.1 Å². The predicted molar refractivity (Wildman–Crippen MR) is 117 cm³/mol. The summed E-state index contributed by atoms with van der Waals surface area (Å²) < 4.78 is 17.6. The number of aromatic nitrogens is 2. The summed E-state index contributed by atoms with van der Waals surface area (Å²) in [6, 6.07) is 1.74. The van der Waals surface area contributed by atoms with Crippen molar-refractivity contribution in [3.05, 3.63) is 44.4 Å². The highest BCUT2D eigenvalue weighted by molar-refractivity contribution is 7.98. The van der Waals surface area contributed by atoms with E-state index >= 15 is 0 Å². The normalized spacial score (nSPS) is 16.4. The first kappa shape index (κ1) is 21.1. The summed E-state index contributed by atoms with van der Waals surface area (Å²) in [5.74, 6) is 0.103. The molecule has 4 rings (SSSR count). The van der Waals surface area contributed by atoms with Gasteiger partial charge < -0.3 is 13.9 Å². The first-order valence-corrected chi connectivity index (χ1v) is 11.8. The molecule has 3 aromatic heterocycles.